The van der Waals surface area contributed by atoms with E-state index in [1.165, 1.54) is 11.6 Å². The lowest BCUT2D eigenvalue weighted by molar-refractivity contribution is 0.586. The van der Waals surface area contributed by atoms with Crippen LogP contribution in [-0.4, -0.2) is 14.9 Å². The van der Waals surface area contributed by atoms with E-state index in [0.717, 1.165) is 12.1 Å². The van der Waals surface area contributed by atoms with Gasteiger partial charge in [0.2, 0.25) is 0 Å². The second-order valence-electron chi connectivity index (χ2n) is 5.69. The Hall–Kier alpha value is -2.44. The Morgan fingerprint density at radius 3 is 2.73 bits per heavy atom. The topological polar surface area (TPSA) is 41.9 Å². The summed E-state index contributed by atoms with van der Waals surface area (Å²) >= 11 is 11.4. The van der Waals surface area contributed by atoms with Gasteiger partial charge in [0, 0.05) is 28.5 Å². The monoisotopic (exact) mass is 388 g/mol. The zero-order chi connectivity index (χ0) is 18.5. The van der Waals surface area contributed by atoms with Crippen molar-refractivity contribution in [1.29, 1.82) is 0 Å². The summed E-state index contributed by atoms with van der Waals surface area (Å²) < 4.78 is 15.5. The van der Waals surface area contributed by atoms with Crippen molar-refractivity contribution in [3.8, 4) is 0 Å². The van der Waals surface area contributed by atoms with Crippen molar-refractivity contribution < 1.29 is 4.39 Å². The first-order valence-electron chi connectivity index (χ1n) is 8.19. The summed E-state index contributed by atoms with van der Waals surface area (Å²) in [5.74, 6) is 0.222. The molecule has 1 aromatic heterocycles. The number of nitrogens with zero attached hydrogens (tertiary/aromatic N) is 2. The van der Waals surface area contributed by atoms with Crippen LogP contribution in [0.15, 0.2) is 54.7 Å². The van der Waals surface area contributed by atoms with E-state index in [4.69, 9.17) is 23.8 Å². The van der Waals surface area contributed by atoms with Crippen molar-refractivity contribution in [1.82, 2.24) is 9.78 Å². The molecular formula is C19H18ClFN4S. The third-order valence-corrected chi connectivity index (χ3v) is 4.47. The Kier molecular flexibility index (Phi) is 5.85. The van der Waals surface area contributed by atoms with Crippen molar-refractivity contribution >= 4 is 40.4 Å². The fourth-order valence-electron chi connectivity index (χ4n) is 2.58. The molecule has 0 saturated carbocycles. The van der Waals surface area contributed by atoms with E-state index in [0.29, 0.717) is 21.5 Å². The van der Waals surface area contributed by atoms with Crippen LogP contribution in [0.1, 0.15) is 18.1 Å². The number of nitrogens with one attached hydrogen (secondary N) is 2. The molecule has 4 nitrogen and oxygen atoms in total. The predicted octanol–water partition coefficient (Wildman–Crippen LogP) is 5.10. The highest BCUT2D eigenvalue weighted by molar-refractivity contribution is 7.80. The third kappa shape index (κ3) is 4.39. The van der Waals surface area contributed by atoms with Crippen LogP contribution in [0.25, 0.3) is 0 Å². The highest BCUT2D eigenvalue weighted by Crippen LogP contribution is 2.20. The van der Waals surface area contributed by atoms with E-state index in [-0.39, 0.29) is 12.4 Å². The van der Waals surface area contributed by atoms with Gasteiger partial charge in [-0.3, -0.25) is 4.68 Å². The number of halogens is 2. The molecule has 3 aromatic rings. The quantitative estimate of drug-likeness (QED) is 0.597. The van der Waals surface area contributed by atoms with Crippen LogP contribution in [-0.2, 0) is 13.0 Å². The van der Waals surface area contributed by atoms with Gasteiger partial charge in [-0.05, 0) is 42.4 Å². The third-order valence-electron chi connectivity index (χ3n) is 3.91. The molecular weight excluding hydrogens is 371 g/mol. The number of hydrogen-bond donors (Lipinski definition) is 2. The van der Waals surface area contributed by atoms with Gasteiger partial charge in [0.25, 0.3) is 0 Å². The number of rotatable bonds is 5. The standard InChI is InChI=1S/C19H18ClFN4S/c1-2-13-6-3-4-9-17(13)22-19(26)23-18-10-11-25(24-18)12-14-15(20)7-5-8-16(14)21/h3-11H,2,12H2,1H3,(H2,22,23,24,26). The zero-order valence-electron chi connectivity index (χ0n) is 14.2. The SMILES string of the molecule is CCc1ccccc1NC(=S)Nc1ccn(Cc2c(F)cccc2Cl)n1. The van der Waals surface area contributed by atoms with Crippen LogP contribution in [0.2, 0.25) is 5.02 Å². The first kappa shape index (κ1) is 18.4. The highest BCUT2D eigenvalue weighted by Gasteiger charge is 2.09. The minimum atomic E-state index is -0.351. The molecule has 0 atom stereocenters. The van der Waals surface area contributed by atoms with Crippen molar-refractivity contribution in [2.45, 2.75) is 19.9 Å². The second-order valence-corrected chi connectivity index (χ2v) is 6.50. The van der Waals surface area contributed by atoms with Gasteiger partial charge in [-0.1, -0.05) is 42.8 Å². The summed E-state index contributed by atoms with van der Waals surface area (Å²) in [6, 6.07) is 14.4. The van der Waals surface area contributed by atoms with E-state index in [1.807, 2.05) is 18.2 Å². The van der Waals surface area contributed by atoms with Gasteiger partial charge in [0.15, 0.2) is 10.9 Å². The molecule has 26 heavy (non-hydrogen) atoms. The average Bonchev–Trinajstić information content (AvgIpc) is 3.05. The molecule has 2 N–H and O–H groups in total. The molecule has 7 heteroatoms. The molecule has 0 spiro atoms. The van der Waals surface area contributed by atoms with Gasteiger partial charge in [-0.2, -0.15) is 5.10 Å². The zero-order valence-corrected chi connectivity index (χ0v) is 15.7. The molecule has 0 radical (unpaired) electrons. The van der Waals surface area contributed by atoms with Gasteiger partial charge in [0.1, 0.15) is 5.82 Å². The normalized spacial score (nSPS) is 10.6. The lowest BCUT2D eigenvalue weighted by Crippen LogP contribution is -2.20. The van der Waals surface area contributed by atoms with Crippen LogP contribution in [0.5, 0.6) is 0 Å². The second kappa shape index (κ2) is 8.29. The van der Waals surface area contributed by atoms with E-state index in [2.05, 4.69) is 28.7 Å². The number of anilines is 2. The lowest BCUT2D eigenvalue weighted by Gasteiger charge is -2.12. The maximum Gasteiger partial charge on any atom is 0.176 e. The van der Waals surface area contributed by atoms with Crippen molar-refractivity contribution in [2.75, 3.05) is 10.6 Å². The smallest absolute Gasteiger partial charge is 0.176 e. The van der Waals surface area contributed by atoms with Crippen LogP contribution < -0.4 is 10.6 Å². The first-order chi connectivity index (χ1) is 12.6. The minimum absolute atomic E-state index is 0.242. The Morgan fingerprint density at radius 1 is 1.15 bits per heavy atom. The molecule has 2 aromatic carbocycles. The molecule has 0 unspecified atom stereocenters. The molecule has 0 saturated heterocycles. The predicted molar refractivity (Wildman–Crippen MR) is 108 cm³/mol. The highest BCUT2D eigenvalue weighted by atomic mass is 35.5. The largest absolute Gasteiger partial charge is 0.332 e. The number of aryl methyl sites for hydroxylation is 1. The molecule has 0 aliphatic rings. The van der Waals surface area contributed by atoms with Crippen LogP contribution >= 0.6 is 23.8 Å². The average molecular weight is 389 g/mol. The van der Waals surface area contributed by atoms with E-state index < -0.39 is 0 Å². The first-order valence-corrected chi connectivity index (χ1v) is 8.97. The number of aromatic nitrogens is 2. The van der Waals surface area contributed by atoms with Crippen LogP contribution in [0, 0.1) is 5.82 Å². The van der Waals surface area contributed by atoms with Crippen LogP contribution in [0.4, 0.5) is 15.9 Å². The van der Waals surface area contributed by atoms with Gasteiger partial charge in [0.05, 0.1) is 6.54 Å². The molecule has 1 heterocycles. The summed E-state index contributed by atoms with van der Waals surface area (Å²) in [5, 5.41) is 11.4. The van der Waals surface area contributed by atoms with Crippen molar-refractivity contribution in [2.24, 2.45) is 0 Å². The molecule has 0 bridgehead atoms. The maximum atomic E-state index is 13.9. The summed E-state index contributed by atoms with van der Waals surface area (Å²) in [4.78, 5) is 0. The van der Waals surface area contributed by atoms with Gasteiger partial charge < -0.3 is 10.6 Å². The van der Waals surface area contributed by atoms with Gasteiger partial charge in [-0.25, -0.2) is 4.39 Å². The van der Waals surface area contributed by atoms with E-state index in [9.17, 15) is 4.39 Å². The van der Waals surface area contributed by atoms with Crippen molar-refractivity contribution in [3.63, 3.8) is 0 Å². The molecule has 0 aliphatic carbocycles. The van der Waals surface area contributed by atoms with Crippen molar-refractivity contribution in [3.05, 3.63) is 76.7 Å². The van der Waals surface area contributed by atoms with Crippen LogP contribution in [0.3, 0.4) is 0 Å². The Labute approximate surface area is 162 Å². The molecule has 0 amide bonds. The van der Waals surface area contributed by atoms with E-state index >= 15 is 0 Å². The minimum Gasteiger partial charge on any atom is -0.332 e. The number of para-hydroxylation sites is 1. The molecule has 3 rings (SSSR count). The Morgan fingerprint density at radius 2 is 1.96 bits per heavy atom. The molecule has 0 aliphatic heterocycles. The van der Waals surface area contributed by atoms with Gasteiger partial charge in [-0.15, -0.1) is 0 Å². The summed E-state index contributed by atoms with van der Waals surface area (Å²) in [6.07, 6.45) is 2.65. The summed E-state index contributed by atoms with van der Waals surface area (Å²) in [7, 11) is 0. The molecule has 0 fully saturated rings. The lowest BCUT2D eigenvalue weighted by atomic mass is 10.1. The fraction of sp³-hybridized carbons (Fsp3) is 0.158. The fourth-order valence-corrected chi connectivity index (χ4v) is 3.02. The molecule has 134 valence electrons. The summed E-state index contributed by atoms with van der Waals surface area (Å²) in [6.45, 7) is 2.33. The number of thiocarbonyl (C=S) groups is 1. The Bertz CT molecular complexity index is 905. The van der Waals surface area contributed by atoms with Gasteiger partial charge >= 0.3 is 0 Å². The van der Waals surface area contributed by atoms with E-state index in [1.54, 1.807) is 29.1 Å². The Balaban J connectivity index is 1.66. The number of benzene rings is 2. The summed E-state index contributed by atoms with van der Waals surface area (Å²) in [5.41, 5.74) is 2.54. The number of hydrogen-bond acceptors (Lipinski definition) is 2. The maximum absolute atomic E-state index is 13.9.